The lowest BCUT2D eigenvalue weighted by Gasteiger charge is -2.32. The quantitative estimate of drug-likeness (QED) is 0.634. The van der Waals surface area contributed by atoms with Gasteiger partial charge in [0.1, 0.15) is 12.4 Å². The number of carbonyl (C=O) groups is 2. The maximum absolute atomic E-state index is 13.2. The van der Waals surface area contributed by atoms with Crippen LogP contribution in [0.5, 0.6) is 5.75 Å². The van der Waals surface area contributed by atoms with Gasteiger partial charge < -0.3 is 15.0 Å². The van der Waals surface area contributed by atoms with E-state index in [0.29, 0.717) is 30.1 Å². The summed E-state index contributed by atoms with van der Waals surface area (Å²) in [7, 11) is 0. The predicted octanol–water partition coefficient (Wildman–Crippen LogP) is 4.34. The molecule has 1 heterocycles. The fourth-order valence-corrected chi connectivity index (χ4v) is 3.96. The van der Waals surface area contributed by atoms with Gasteiger partial charge in [0.05, 0.1) is 5.92 Å². The summed E-state index contributed by atoms with van der Waals surface area (Å²) in [6.45, 7) is 1.28. The Labute approximate surface area is 182 Å². The summed E-state index contributed by atoms with van der Waals surface area (Å²) < 4.78 is 5.35. The lowest BCUT2D eigenvalue weighted by Crippen LogP contribution is -2.43. The number of terminal acetylenes is 1. The lowest BCUT2D eigenvalue weighted by atomic mass is 9.95. The van der Waals surface area contributed by atoms with E-state index in [9.17, 15) is 9.59 Å². The fraction of sp³-hybridized carbons (Fsp3) is 0.231. The minimum absolute atomic E-state index is 0.0238. The molecule has 1 atom stereocenters. The van der Waals surface area contributed by atoms with Crippen LogP contribution in [0, 0.1) is 18.3 Å². The number of nitrogens with zero attached hydrogens (tertiary/aromatic N) is 1. The van der Waals surface area contributed by atoms with E-state index in [4.69, 9.17) is 11.2 Å². The number of fused-ring (bicyclic) bond motifs is 1. The van der Waals surface area contributed by atoms with Gasteiger partial charge in [0.2, 0.25) is 5.91 Å². The highest BCUT2D eigenvalue weighted by atomic mass is 16.5. The first-order chi connectivity index (χ1) is 15.2. The standard InChI is InChI=1S/C26H24N2O3/c1-2-17-31-22-14-12-21(13-15-22)27-25(29)20-9-6-16-28(18-20)26(30)24-11-5-8-19-7-3-4-10-23(19)24/h1,3-5,7-8,10-15,20H,6,9,16-18H2,(H,27,29). The van der Waals surface area contributed by atoms with Crippen LogP contribution in [0.15, 0.2) is 66.7 Å². The summed E-state index contributed by atoms with van der Waals surface area (Å²) in [4.78, 5) is 27.9. The van der Waals surface area contributed by atoms with Crippen LogP contribution in [0.2, 0.25) is 0 Å². The average molecular weight is 412 g/mol. The maximum Gasteiger partial charge on any atom is 0.254 e. The third-order valence-electron chi connectivity index (χ3n) is 5.54. The zero-order valence-electron chi connectivity index (χ0n) is 17.2. The normalized spacial score (nSPS) is 15.8. The molecular formula is C26H24N2O3. The molecular weight excluding hydrogens is 388 g/mol. The van der Waals surface area contributed by atoms with Crippen molar-refractivity contribution in [3.8, 4) is 18.1 Å². The predicted molar refractivity (Wildman–Crippen MR) is 122 cm³/mol. The second kappa shape index (κ2) is 9.36. The molecule has 2 amide bonds. The molecule has 5 heteroatoms. The van der Waals surface area contributed by atoms with E-state index in [-0.39, 0.29) is 24.3 Å². The number of anilines is 1. The number of hydrogen-bond donors (Lipinski definition) is 1. The molecule has 1 N–H and O–H groups in total. The van der Waals surface area contributed by atoms with Crippen LogP contribution in [0.3, 0.4) is 0 Å². The summed E-state index contributed by atoms with van der Waals surface area (Å²) in [6, 6.07) is 20.7. The molecule has 0 aliphatic carbocycles. The van der Waals surface area contributed by atoms with Crippen LogP contribution in [-0.2, 0) is 4.79 Å². The number of likely N-dealkylation sites (tertiary alicyclic amines) is 1. The van der Waals surface area contributed by atoms with Gasteiger partial charge in [0.15, 0.2) is 0 Å². The highest BCUT2D eigenvalue weighted by molar-refractivity contribution is 6.07. The molecule has 0 spiro atoms. The van der Waals surface area contributed by atoms with E-state index < -0.39 is 0 Å². The highest BCUT2D eigenvalue weighted by Gasteiger charge is 2.29. The Balaban J connectivity index is 1.42. The molecule has 1 fully saturated rings. The molecule has 0 radical (unpaired) electrons. The molecule has 156 valence electrons. The molecule has 1 unspecified atom stereocenters. The van der Waals surface area contributed by atoms with Gasteiger partial charge in [-0.2, -0.15) is 0 Å². The van der Waals surface area contributed by atoms with Crippen molar-refractivity contribution in [3.05, 3.63) is 72.3 Å². The number of amides is 2. The molecule has 3 aromatic carbocycles. The second-order valence-corrected chi connectivity index (χ2v) is 7.62. The summed E-state index contributed by atoms with van der Waals surface area (Å²) in [5.74, 6) is 2.72. The summed E-state index contributed by atoms with van der Waals surface area (Å²) in [5.41, 5.74) is 1.37. The van der Waals surface area contributed by atoms with E-state index in [1.165, 1.54) is 0 Å². The smallest absolute Gasteiger partial charge is 0.254 e. The van der Waals surface area contributed by atoms with Crippen molar-refractivity contribution in [2.45, 2.75) is 12.8 Å². The molecule has 3 aromatic rings. The van der Waals surface area contributed by atoms with Crippen molar-refractivity contribution in [1.82, 2.24) is 4.90 Å². The first-order valence-corrected chi connectivity index (χ1v) is 10.4. The van der Waals surface area contributed by atoms with Gasteiger partial charge in [-0.1, -0.05) is 42.3 Å². The number of hydrogen-bond acceptors (Lipinski definition) is 3. The molecule has 0 bridgehead atoms. The van der Waals surface area contributed by atoms with E-state index >= 15 is 0 Å². The first-order valence-electron chi connectivity index (χ1n) is 10.4. The van der Waals surface area contributed by atoms with Gasteiger partial charge in [-0.3, -0.25) is 9.59 Å². The van der Waals surface area contributed by atoms with Gasteiger partial charge in [0, 0.05) is 24.3 Å². The summed E-state index contributed by atoms with van der Waals surface area (Å²) in [5, 5.41) is 4.93. The van der Waals surface area contributed by atoms with Crippen molar-refractivity contribution >= 4 is 28.3 Å². The number of piperidine rings is 1. The van der Waals surface area contributed by atoms with Gasteiger partial charge in [-0.05, 0) is 53.9 Å². The largest absolute Gasteiger partial charge is 0.481 e. The zero-order valence-corrected chi connectivity index (χ0v) is 17.2. The van der Waals surface area contributed by atoms with Crippen molar-refractivity contribution in [1.29, 1.82) is 0 Å². The van der Waals surface area contributed by atoms with Gasteiger partial charge in [0.25, 0.3) is 5.91 Å². The van der Waals surface area contributed by atoms with E-state index in [1.807, 2.05) is 42.5 Å². The molecule has 0 saturated carbocycles. The van der Waals surface area contributed by atoms with Gasteiger partial charge in [-0.15, -0.1) is 6.42 Å². The van der Waals surface area contributed by atoms with Crippen LogP contribution in [0.1, 0.15) is 23.2 Å². The Morgan fingerprint density at radius 2 is 1.84 bits per heavy atom. The number of benzene rings is 3. The minimum atomic E-state index is -0.245. The average Bonchev–Trinajstić information content (AvgIpc) is 2.83. The molecule has 5 nitrogen and oxygen atoms in total. The fourth-order valence-electron chi connectivity index (χ4n) is 3.96. The molecule has 0 aromatic heterocycles. The Morgan fingerprint density at radius 3 is 2.65 bits per heavy atom. The van der Waals surface area contributed by atoms with Crippen molar-refractivity contribution in [3.63, 3.8) is 0 Å². The number of carbonyl (C=O) groups excluding carboxylic acids is 2. The van der Waals surface area contributed by atoms with Crippen molar-refractivity contribution < 1.29 is 14.3 Å². The van der Waals surface area contributed by atoms with Crippen LogP contribution in [0.4, 0.5) is 5.69 Å². The Kier molecular flexibility index (Phi) is 6.18. The Bertz CT molecular complexity index is 1130. The topological polar surface area (TPSA) is 58.6 Å². The Hall–Kier alpha value is -3.78. The maximum atomic E-state index is 13.2. The van der Waals surface area contributed by atoms with Gasteiger partial charge in [-0.25, -0.2) is 0 Å². The van der Waals surface area contributed by atoms with Crippen molar-refractivity contribution in [2.75, 3.05) is 25.0 Å². The monoisotopic (exact) mass is 412 g/mol. The Morgan fingerprint density at radius 1 is 1.06 bits per heavy atom. The van der Waals surface area contributed by atoms with E-state index in [2.05, 4.69) is 11.2 Å². The van der Waals surface area contributed by atoms with Crippen LogP contribution < -0.4 is 10.1 Å². The van der Waals surface area contributed by atoms with E-state index in [0.717, 1.165) is 23.6 Å². The van der Waals surface area contributed by atoms with E-state index in [1.54, 1.807) is 29.2 Å². The summed E-state index contributed by atoms with van der Waals surface area (Å²) >= 11 is 0. The highest BCUT2D eigenvalue weighted by Crippen LogP contribution is 2.25. The molecule has 1 saturated heterocycles. The molecule has 1 aliphatic rings. The van der Waals surface area contributed by atoms with Crippen LogP contribution in [-0.4, -0.2) is 36.4 Å². The zero-order chi connectivity index (χ0) is 21.6. The number of nitrogens with one attached hydrogen (secondary N) is 1. The van der Waals surface area contributed by atoms with Gasteiger partial charge >= 0.3 is 0 Å². The first kappa shape index (κ1) is 20.5. The SMILES string of the molecule is C#CCOc1ccc(NC(=O)C2CCCN(C(=O)c3cccc4ccccc34)C2)cc1. The number of ether oxygens (including phenoxy) is 1. The van der Waals surface area contributed by atoms with Crippen molar-refractivity contribution in [2.24, 2.45) is 5.92 Å². The lowest BCUT2D eigenvalue weighted by molar-refractivity contribution is -0.121. The molecule has 31 heavy (non-hydrogen) atoms. The summed E-state index contributed by atoms with van der Waals surface area (Å²) in [6.07, 6.45) is 6.75. The van der Waals surface area contributed by atoms with Crippen LogP contribution in [0.25, 0.3) is 10.8 Å². The second-order valence-electron chi connectivity index (χ2n) is 7.62. The third kappa shape index (κ3) is 4.70. The molecule has 4 rings (SSSR count). The molecule has 1 aliphatic heterocycles. The number of rotatable bonds is 5. The minimum Gasteiger partial charge on any atom is -0.481 e. The van der Waals surface area contributed by atoms with Crippen LogP contribution >= 0.6 is 0 Å². The third-order valence-corrected chi connectivity index (χ3v) is 5.54.